The number of halogens is 1. The van der Waals surface area contributed by atoms with E-state index in [1.54, 1.807) is 6.07 Å². The van der Waals surface area contributed by atoms with E-state index in [1.165, 1.54) is 22.5 Å². The highest BCUT2D eigenvalue weighted by Crippen LogP contribution is 2.23. The number of amides is 1. The fraction of sp³-hybridized carbons (Fsp3) is 0.316. The lowest BCUT2D eigenvalue weighted by Gasteiger charge is -2.31. The minimum atomic E-state index is -3.86. The van der Waals surface area contributed by atoms with Crippen molar-refractivity contribution in [3.63, 3.8) is 0 Å². The van der Waals surface area contributed by atoms with Crippen LogP contribution in [0.2, 0.25) is 0 Å². The van der Waals surface area contributed by atoms with Gasteiger partial charge in [0.2, 0.25) is 10.0 Å². The van der Waals surface area contributed by atoms with Crippen LogP contribution < -0.4 is 5.32 Å². The highest BCUT2D eigenvalue weighted by atomic mass is 32.2. The Kier molecular flexibility index (Phi) is 5.38. The van der Waals surface area contributed by atoms with Gasteiger partial charge in [-0.1, -0.05) is 29.8 Å². The number of nitrogens with one attached hydrogen (secondary N) is 1. The van der Waals surface area contributed by atoms with Crippen molar-refractivity contribution in [1.29, 1.82) is 0 Å². The smallest absolute Gasteiger partial charge is 0.251 e. The van der Waals surface area contributed by atoms with Crippen LogP contribution in [0.1, 0.15) is 28.8 Å². The van der Waals surface area contributed by atoms with Gasteiger partial charge in [0, 0.05) is 24.7 Å². The maximum atomic E-state index is 13.8. The maximum absolute atomic E-state index is 13.8. The largest absolute Gasteiger partial charge is 0.349 e. The summed E-state index contributed by atoms with van der Waals surface area (Å²) in [4.78, 5) is 12.0. The molecular weight excluding hydrogens is 355 g/mol. The van der Waals surface area contributed by atoms with E-state index in [4.69, 9.17) is 0 Å². The molecule has 0 bridgehead atoms. The molecule has 1 aliphatic heterocycles. The van der Waals surface area contributed by atoms with Gasteiger partial charge >= 0.3 is 0 Å². The summed E-state index contributed by atoms with van der Waals surface area (Å²) in [6.45, 7) is 2.41. The van der Waals surface area contributed by atoms with E-state index in [2.05, 4.69) is 5.32 Å². The average molecular weight is 376 g/mol. The molecule has 138 valence electrons. The SMILES string of the molecule is Cc1cccc(C(=O)NC2CCN(S(=O)(=O)c3ccccc3F)CC2)c1. The molecule has 0 unspecified atom stereocenters. The quantitative estimate of drug-likeness (QED) is 0.892. The molecule has 0 radical (unpaired) electrons. The van der Waals surface area contributed by atoms with E-state index >= 15 is 0 Å². The number of sulfonamides is 1. The molecular formula is C19H21FN2O3S. The fourth-order valence-corrected chi connectivity index (χ4v) is 4.62. The lowest BCUT2D eigenvalue weighted by atomic mass is 10.1. The van der Waals surface area contributed by atoms with Crippen LogP contribution in [0.25, 0.3) is 0 Å². The number of aryl methyl sites for hydroxylation is 1. The molecule has 1 fully saturated rings. The number of carbonyl (C=O) groups excluding carboxylic acids is 1. The predicted molar refractivity (Wildman–Crippen MR) is 96.8 cm³/mol. The van der Waals surface area contributed by atoms with Gasteiger partial charge < -0.3 is 5.32 Å². The number of rotatable bonds is 4. The van der Waals surface area contributed by atoms with E-state index in [0.717, 1.165) is 11.6 Å². The first-order valence-corrected chi connectivity index (χ1v) is 9.94. The summed E-state index contributed by atoms with van der Waals surface area (Å²) in [5.74, 6) is -0.911. The van der Waals surface area contributed by atoms with E-state index < -0.39 is 15.8 Å². The van der Waals surface area contributed by atoms with Gasteiger partial charge in [-0.3, -0.25) is 4.79 Å². The summed E-state index contributed by atoms with van der Waals surface area (Å²) < 4.78 is 40.3. The molecule has 0 saturated carbocycles. The standard InChI is InChI=1S/C19H21FN2O3S/c1-14-5-4-6-15(13-14)19(23)21-16-9-11-22(12-10-16)26(24,25)18-8-3-2-7-17(18)20/h2-8,13,16H,9-12H2,1H3,(H,21,23). The lowest BCUT2D eigenvalue weighted by molar-refractivity contribution is 0.0923. The molecule has 1 N–H and O–H groups in total. The fourth-order valence-electron chi connectivity index (χ4n) is 3.09. The lowest BCUT2D eigenvalue weighted by Crippen LogP contribution is -2.46. The van der Waals surface area contributed by atoms with Crippen molar-refractivity contribution in [1.82, 2.24) is 9.62 Å². The first-order chi connectivity index (χ1) is 12.4. The summed E-state index contributed by atoms with van der Waals surface area (Å²) in [7, 11) is -3.86. The van der Waals surface area contributed by atoms with Gasteiger partial charge in [0.15, 0.2) is 0 Å². The molecule has 0 spiro atoms. The van der Waals surface area contributed by atoms with Crippen LogP contribution in [0.15, 0.2) is 53.4 Å². The molecule has 0 atom stereocenters. The number of hydrogen-bond acceptors (Lipinski definition) is 3. The van der Waals surface area contributed by atoms with Crippen molar-refractivity contribution in [2.75, 3.05) is 13.1 Å². The maximum Gasteiger partial charge on any atom is 0.251 e. The summed E-state index contributed by atoms with van der Waals surface area (Å²) in [5.41, 5.74) is 1.59. The van der Waals surface area contributed by atoms with Crippen molar-refractivity contribution in [3.8, 4) is 0 Å². The zero-order valence-corrected chi connectivity index (χ0v) is 15.3. The number of benzene rings is 2. The van der Waals surface area contributed by atoms with Crippen molar-refractivity contribution < 1.29 is 17.6 Å². The Balaban J connectivity index is 1.62. The summed E-state index contributed by atoms with van der Waals surface area (Å²) in [6.07, 6.45) is 0.983. The topological polar surface area (TPSA) is 66.5 Å². The minimum Gasteiger partial charge on any atom is -0.349 e. The first-order valence-electron chi connectivity index (χ1n) is 8.50. The second kappa shape index (κ2) is 7.55. The third-order valence-corrected chi connectivity index (χ3v) is 6.46. The van der Waals surface area contributed by atoms with Gasteiger partial charge in [-0.25, -0.2) is 12.8 Å². The van der Waals surface area contributed by atoms with Crippen LogP contribution in [0.4, 0.5) is 4.39 Å². The zero-order chi connectivity index (χ0) is 18.7. The van der Waals surface area contributed by atoms with Gasteiger partial charge in [-0.05, 0) is 44.0 Å². The van der Waals surface area contributed by atoms with Crippen molar-refractivity contribution in [3.05, 3.63) is 65.5 Å². The summed E-state index contributed by atoms with van der Waals surface area (Å²) in [6, 6.07) is 12.6. The molecule has 1 saturated heterocycles. The second-order valence-electron chi connectivity index (χ2n) is 6.45. The molecule has 3 rings (SSSR count). The first kappa shape index (κ1) is 18.5. The Morgan fingerprint density at radius 3 is 2.46 bits per heavy atom. The molecule has 1 aliphatic rings. The Morgan fingerprint density at radius 1 is 1.12 bits per heavy atom. The third-order valence-electron chi connectivity index (χ3n) is 4.52. The van der Waals surface area contributed by atoms with E-state index in [-0.39, 0.29) is 29.9 Å². The predicted octanol–water partition coefficient (Wildman–Crippen LogP) is 2.72. The van der Waals surface area contributed by atoms with Crippen molar-refractivity contribution >= 4 is 15.9 Å². The van der Waals surface area contributed by atoms with Crippen LogP contribution >= 0.6 is 0 Å². The van der Waals surface area contributed by atoms with Crippen LogP contribution in [-0.2, 0) is 10.0 Å². The normalized spacial score (nSPS) is 16.4. The van der Waals surface area contributed by atoms with Crippen molar-refractivity contribution in [2.24, 2.45) is 0 Å². The molecule has 2 aromatic rings. The number of carbonyl (C=O) groups is 1. The summed E-state index contributed by atoms with van der Waals surface area (Å²) >= 11 is 0. The Morgan fingerprint density at radius 2 is 1.81 bits per heavy atom. The highest BCUT2D eigenvalue weighted by molar-refractivity contribution is 7.89. The second-order valence-corrected chi connectivity index (χ2v) is 8.36. The molecule has 1 heterocycles. The minimum absolute atomic E-state index is 0.102. The van der Waals surface area contributed by atoms with Gasteiger partial charge in [0.05, 0.1) is 0 Å². The van der Waals surface area contributed by atoms with Crippen molar-refractivity contribution in [2.45, 2.75) is 30.7 Å². The van der Waals surface area contributed by atoms with Gasteiger partial charge in [0.25, 0.3) is 5.91 Å². The van der Waals surface area contributed by atoms with Crippen LogP contribution in [0, 0.1) is 12.7 Å². The molecule has 7 heteroatoms. The molecule has 0 aromatic heterocycles. The van der Waals surface area contributed by atoms with E-state index in [1.807, 2.05) is 25.1 Å². The van der Waals surface area contributed by atoms with Crippen LogP contribution in [0.5, 0.6) is 0 Å². The van der Waals surface area contributed by atoms with Crippen LogP contribution in [-0.4, -0.2) is 37.8 Å². The molecule has 2 aromatic carbocycles. The Labute approximate surface area is 152 Å². The van der Waals surface area contributed by atoms with E-state index in [0.29, 0.717) is 18.4 Å². The number of nitrogens with zero attached hydrogens (tertiary/aromatic N) is 1. The third kappa shape index (κ3) is 3.94. The van der Waals surface area contributed by atoms with E-state index in [9.17, 15) is 17.6 Å². The molecule has 5 nitrogen and oxygen atoms in total. The number of piperidine rings is 1. The number of hydrogen-bond donors (Lipinski definition) is 1. The molecule has 0 aliphatic carbocycles. The van der Waals surface area contributed by atoms with Gasteiger partial charge in [0.1, 0.15) is 10.7 Å². The molecule has 1 amide bonds. The van der Waals surface area contributed by atoms with Crippen LogP contribution in [0.3, 0.4) is 0 Å². The average Bonchev–Trinajstić information content (AvgIpc) is 2.62. The molecule has 26 heavy (non-hydrogen) atoms. The zero-order valence-electron chi connectivity index (χ0n) is 14.5. The van der Waals surface area contributed by atoms with Gasteiger partial charge in [-0.2, -0.15) is 4.31 Å². The Hall–Kier alpha value is -2.25. The summed E-state index contributed by atoms with van der Waals surface area (Å²) in [5, 5.41) is 2.95. The van der Waals surface area contributed by atoms with Gasteiger partial charge in [-0.15, -0.1) is 0 Å². The monoisotopic (exact) mass is 376 g/mol. The highest BCUT2D eigenvalue weighted by Gasteiger charge is 2.31. The Bertz CT molecular complexity index is 907.